The number of ether oxygens (including phenoxy) is 2. The van der Waals surface area contributed by atoms with Crippen molar-refractivity contribution in [3.05, 3.63) is 65.2 Å². The van der Waals surface area contributed by atoms with E-state index in [0.717, 1.165) is 5.56 Å². The lowest BCUT2D eigenvalue weighted by Crippen LogP contribution is -2.47. The van der Waals surface area contributed by atoms with Gasteiger partial charge in [-0.1, -0.05) is 24.3 Å². The number of carbonyl (C=O) groups excluding carboxylic acids is 3. The van der Waals surface area contributed by atoms with Crippen molar-refractivity contribution in [3.63, 3.8) is 0 Å². The van der Waals surface area contributed by atoms with Crippen molar-refractivity contribution in [3.8, 4) is 5.75 Å². The molecule has 2 aromatic carbocycles. The van der Waals surface area contributed by atoms with Crippen LogP contribution in [0, 0.1) is 0 Å². The van der Waals surface area contributed by atoms with Crippen LogP contribution in [-0.4, -0.2) is 56.0 Å². The molecule has 0 atom stereocenters. The van der Waals surface area contributed by atoms with Gasteiger partial charge in [0.25, 0.3) is 5.91 Å². The number of amides is 2. The van der Waals surface area contributed by atoms with Crippen LogP contribution in [0.4, 0.5) is 0 Å². The average Bonchev–Trinajstić information content (AvgIpc) is 2.79. The minimum Gasteiger partial charge on any atom is -0.496 e. The van der Waals surface area contributed by atoms with E-state index in [1.54, 1.807) is 25.3 Å². The fraction of sp³-hybridized carbons (Fsp3) is 0.348. The molecule has 0 spiro atoms. The van der Waals surface area contributed by atoms with Crippen LogP contribution >= 0.6 is 0 Å². The molecule has 2 aromatic rings. The number of para-hydroxylation sites is 1. The predicted octanol–water partition coefficient (Wildman–Crippen LogP) is 2.45. The number of likely N-dealkylation sites (tertiary alicyclic amines) is 1. The summed E-state index contributed by atoms with van der Waals surface area (Å²) in [5, 5.41) is 3.00. The molecule has 1 aliphatic rings. The molecule has 0 radical (unpaired) electrons. The molecule has 158 valence electrons. The molecule has 1 fully saturated rings. The summed E-state index contributed by atoms with van der Waals surface area (Å²) in [5.74, 6) is 0.0447. The summed E-state index contributed by atoms with van der Waals surface area (Å²) < 4.78 is 10.0. The van der Waals surface area contributed by atoms with Crippen molar-refractivity contribution < 1.29 is 23.9 Å². The molecule has 1 heterocycles. The molecule has 3 rings (SSSR count). The Kier molecular flexibility index (Phi) is 7.06. The Morgan fingerprint density at radius 3 is 2.40 bits per heavy atom. The van der Waals surface area contributed by atoms with Gasteiger partial charge in [0.15, 0.2) is 0 Å². The van der Waals surface area contributed by atoms with Crippen LogP contribution in [0.15, 0.2) is 48.5 Å². The first-order valence-electron chi connectivity index (χ1n) is 9.90. The van der Waals surface area contributed by atoms with Crippen molar-refractivity contribution in [1.82, 2.24) is 10.2 Å². The van der Waals surface area contributed by atoms with E-state index in [-0.39, 0.29) is 17.9 Å². The number of hydrogen-bond donors (Lipinski definition) is 1. The van der Waals surface area contributed by atoms with E-state index in [2.05, 4.69) is 5.32 Å². The number of piperidine rings is 1. The highest BCUT2D eigenvalue weighted by Gasteiger charge is 2.25. The normalized spacial score (nSPS) is 14.1. The fourth-order valence-corrected chi connectivity index (χ4v) is 3.57. The molecule has 2 amide bonds. The number of methoxy groups -OCH3 is 2. The number of esters is 1. The number of carbonyl (C=O) groups is 3. The second-order valence-corrected chi connectivity index (χ2v) is 7.19. The Morgan fingerprint density at radius 1 is 1.00 bits per heavy atom. The van der Waals surface area contributed by atoms with E-state index in [1.807, 2.05) is 29.2 Å². The van der Waals surface area contributed by atoms with Crippen LogP contribution < -0.4 is 10.1 Å². The van der Waals surface area contributed by atoms with Gasteiger partial charge in [-0.05, 0) is 37.1 Å². The predicted molar refractivity (Wildman–Crippen MR) is 112 cm³/mol. The lowest BCUT2D eigenvalue weighted by atomic mass is 10.0. The second-order valence-electron chi connectivity index (χ2n) is 7.19. The summed E-state index contributed by atoms with van der Waals surface area (Å²) >= 11 is 0. The molecule has 1 aliphatic heterocycles. The van der Waals surface area contributed by atoms with Crippen LogP contribution in [0.2, 0.25) is 0 Å². The summed E-state index contributed by atoms with van der Waals surface area (Å²) in [4.78, 5) is 38.7. The van der Waals surface area contributed by atoms with Gasteiger partial charge in [-0.3, -0.25) is 9.59 Å². The SMILES string of the molecule is COC(=O)c1cccc(C(=O)NC2CCN(C(=O)Cc3ccccc3OC)CC2)c1. The van der Waals surface area contributed by atoms with E-state index < -0.39 is 5.97 Å². The van der Waals surface area contributed by atoms with E-state index in [1.165, 1.54) is 13.2 Å². The number of rotatable bonds is 6. The number of benzene rings is 2. The Bertz CT molecular complexity index is 919. The van der Waals surface area contributed by atoms with Gasteiger partial charge in [-0.2, -0.15) is 0 Å². The van der Waals surface area contributed by atoms with Crippen LogP contribution in [-0.2, 0) is 16.0 Å². The third-order valence-electron chi connectivity index (χ3n) is 5.26. The van der Waals surface area contributed by atoms with Crippen molar-refractivity contribution in [2.45, 2.75) is 25.3 Å². The monoisotopic (exact) mass is 410 g/mol. The first-order valence-corrected chi connectivity index (χ1v) is 9.90. The highest BCUT2D eigenvalue weighted by Crippen LogP contribution is 2.20. The molecule has 1 N–H and O–H groups in total. The van der Waals surface area contributed by atoms with Crippen LogP contribution in [0.3, 0.4) is 0 Å². The molecule has 7 heteroatoms. The molecular weight excluding hydrogens is 384 g/mol. The van der Waals surface area contributed by atoms with Gasteiger partial charge in [0.1, 0.15) is 5.75 Å². The van der Waals surface area contributed by atoms with E-state index in [9.17, 15) is 14.4 Å². The van der Waals surface area contributed by atoms with E-state index in [0.29, 0.717) is 49.2 Å². The zero-order valence-electron chi connectivity index (χ0n) is 17.2. The second kappa shape index (κ2) is 9.91. The van der Waals surface area contributed by atoms with Gasteiger partial charge >= 0.3 is 5.97 Å². The zero-order chi connectivity index (χ0) is 21.5. The van der Waals surface area contributed by atoms with Crippen molar-refractivity contribution in [1.29, 1.82) is 0 Å². The Morgan fingerprint density at radius 2 is 1.70 bits per heavy atom. The molecule has 0 saturated carbocycles. The van der Waals surface area contributed by atoms with Crippen LogP contribution in [0.1, 0.15) is 39.1 Å². The third-order valence-corrected chi connectivity index (χ3v) is 5.26. The maximum atomic E-state index is 12.7. The maximum Gasteiger partial charge on any atom is 0.337 e. The fourth-order valence-electron chi connectivity index (χ4n) is 3.57. The van der Waals surface area contributed by atoms with Gasteiger partial charge in [0, 0.05) is 30.3 Å². The first kappa shape index (κ1) is 21.4. The lowest BCUT2D eigenvalue weighted by molar-refractivity contribution is -0.131. The lowest BCUT2D eigenvalue weighted by Gasteiger charge is -2.32. The van der Waals surface area contributed by atoms with E-state index >= 15 is 0 Å². The molecule has 1 saturated heterocycles. The number of hydrogen-bond acceptors (Lipinski definition) is 5. The summed E-state index contributed by atoms with van der Waals surface area (Å²) in [5.41, 5.74) is 1.61. The number of nitrogens with zero attached hydrogens (tertiary/aromatic N) is 1. The zero-order valence-corrected chi connectivity index (χ0v) is 17.2. The van der Waals surface area contributed by atoms with Crippen molar-refractivity contribution in [2.24, 2.45) is 0 Å². The summed E-state index contributed by atoms with van der Waals surface area (Å²) in [6.07, 6.45) is 1.65. The minimum atomic E-state index is -0.480. The highest BCUT2D eigenvalue weighted by molar-refractivity contribution is 5.98. The van der Waals surface area contributed by atoms with Gasteiger partial charge in [0.05, 0.1) is 26.2 Å². The minimum absolute atomic E-state index is 0.0189. The summed E-state index contributed by atoms with van der Waals surface area (Å²) in [6.45, 7) is 1.17. The van der Waals surface area contributed by atoms with Gasteiger partial charge < -0.3 is 19.7 Å². The van der Waals surface area contributed by atoms with Gasteiger partial charge in [-0.25, -0.2) is 4.79 Å². The molecule has 0 aliphatic carbocycles. The Hall–Kier alpha value is -3.35. The Balaban J connectivity index is 1.52. The number of nitrogens with one attached hydrogen (secondary N) is 1. The smallest absolute Gasteiger partial charge is 0.337 e. The van der Waals surface area contributed by atoms with E-state index in [4.69, 9.17) is 9.47 Å². The summed E-state index contributed by atoms with van der Waals surface area (Å²) in [6, 6.07) is 13.9. The molecule has 0 bridgehead atoms. The van der Waals surface area contributed by atoms with Gasteiger partial charge in [0.2, 0.25) is 5.91 Å². The highest BCUT2D eigenvalue weighted by atomic mass is 16.5. The quantitative estimate of drug-likeness (QED) is 0.740. The molecule has 30 heavy (non-hydrogen) atoms. The Labute approximate surface area is 176 Å². The molecule has 0 unspecified atom stereocenters. The first-order chi connectivity index (χ1) is 14.5. The maximum absolute atomic E-state index is 12.7. The van der Waals surface area contributed by atoms with Crippen LogP contribution in [0.5, 0.6) is 5.75 Å². The summed E-state index contributed by atoms with van der Waals surface area (Å²) in [7, 11) is 2.90. The largest absolute Gasteiger partial charge is 0.496 e. The third kappa shape index (κ3) is 5.17. The van der Waals surface area contributed by atoms with Gasteiger partial charge in [-0.15, -0.1) is 0 Å². The molecular formula is C23H26N2O5. The van der Waals surface area contributed by atoms with Crippen LogP contribution in [0.25, 0.3) is 0 Å². The standard InChI is InChI=1S/C23H26N2O5/c1-29-20-9-4-3-6-16(20)15-21(26)25-12-10-19(11-13-25)24-22(27)17-7-5-8-18(14-17)23(28)30-2/h3-9,14,19H,10-13,15H2,1-2H3,(H,24,27). The molecule has 0 aromatic heterocycles. The van der Waals surface area contributed by atoms with Crippen molar-refractivity contribution >= 4 is 17.8 Å². The topological polar surface area (TPSA) is 84.9 Å². The van der Waals surface area contributed by atoms with Crippen molar-refractivity contribution in [2.75, 3.05) is 27.3 Å². The average molecular weight is 410 g/mol. The molecule has 7 nitrogen and oxygen atoms in total.